The lowest BCUT2D eigenvalue weighted by Gasteiger charge is -2.19. The molecule has 0 fully saturated rings. The van der Waals surface area contributed by atoms with Gasteiger partial charge in [-0.2, -0.15) is 0 Å². The maximum Gasteiger partial charge on any atom is 0.262 e. The Morgan fingerprint density at radius 1 is 1.44 bits per heavy atom. The summed E-state index contributed by atoms with van der Waals surface area (Å²) in [7, 11) is 3.44. The van der Waals surface area contributed by atoms with E-state index in [1.807, 2.05) is 25.1 Å². The fraction of sp³-hybridized carbons (Fsp3) is 0.417. The highest BCUT2D eigenvalue weighted by atomic mass is 79.9. The van der Waals surface area contributed by atoms with Gasteiger partial charge in [-0.05, 0) is 37.6 Å². The number of ether oxygens (including phenoxy) is 1. The van der Waals surface area contributed by atoms with Crippen molar-refractivity contribution in [2.75, 3.05) is 14.1 Å². The molecule has 0 bridgehead atoms. The van der Waals surface area contributed by atoms with Gasteiger partial charge in [-0.15, -0.1) is 0 Å². The van der Waals surface area contributed by atoms with Gasteiger partial charge in [-0.1, -0.05) is 15.9 Å². The van der Waals surface area contributed by atoms with Crippen LogP contribution in [0.15, 0.2) is 22.7 Å². The molecule has 1 aromatic rings. The summed E-state index contributed by atoms with van der Waals surface area (Å²) < 4.78 is 6.61. The Morgan fingerprint density at radius 3 is 2.56 bits per heavy atom. The van der Waals surface area contributed by atoms with Crippen molar-refractivity contribution in [3.8, 4) is 5.75 Å². The predicted molar refractivity (Wildman–Crippen MR) is 67.7 cm³/mol. The highest BCUT2D eigenvalue weighted by Gasteiger charge is 2.17. The number of nitrogens with zero attached hydrogens (tertiary/aromatic N) is 1. The lowest BCUT2D eigenvalue weighted by atomic mass is 10.2. The first-order valence-electron chi connectivity index (χ1n) is 5.06. The van der Waals surface area contributed by atoms with Crippen LogP contribution in [0.4, 0.5) is 0 Å². The minimum Gasteiger partial charge on any atom is -0.481 e. The maximum atomic E-state index is 11.6. The lowest BCUT2D eigenvalue weighted by Crippen LogP contribution is -2.35. The topological polar surface area (TPSA) is 29.5 Å². The van der Waals surface area contributed by atoms with Crippen LogP contribution in [0.1, 0.15) is 12.5 Å². The fourth-order valence-electron chi connectivity index (χ4n) is 1.35. The van der Waals surface area contributed by atoms with E-state index in [0.29, 0.717) is 0 Å². The van der Waals surface area contributed by atoms with E-state index in [0.717, 1.165) is 15.8 Å². The summed E-state index contributed by atoms with van der Waals surface area (Å²) in [5.74, 6) is 0.702. The van der Waals surface area contributed by atoms with Crippen molar-refractivity contribution < 1.29 is 9.53 Å². The van der Waals surface area contributed by atoms with Crippen LogP contribution in [0.25, 0.3) is 0 Å². The highest BCUT2D eigenvalue weighted by Crippen LogP contribution is 2.23. The van der Waals surface area contributed by atoms with Crippen molar-refractivity contribution in [3.05, 3.63) is 28.2 Å². The zero-order valence-electron chi connectivity index (χ0n) is 9.95. The Bertz CT molecular complexity index is 391. The van der Waals surface area contributed by atoms with E-state index in [9.17, 15) is 4.79 Å². The van der Waals surface area contributed by atoms with Gasteiger partial charge in [0.1, 0.15) is 5.75 Å². The molecule has 0 aromatic heterocycles. The number of aryl methyl sites for hydroxylation is 1. The van der Waals surface area contributed by atoms with Crippen LogP contribution in [-0.2, 0) is 4.79 Å². The van der Waals surface area contributed by atoms with E-state index in [-0.39, 0.29) is 5.91 Å². The van der Waals surface area contributed by atoms with Gasteiger partial charge in [0.15, 0.2) is 6.10 Å². The third kappa shape index (κ3) is 3.23. The zero-order valence-corrected chi connectivity index (χ0v) is 11.5. The molecule has 0 aliphatic heterocycles. The van der Waals surface area contributed by atoms with E-state index in [4.69, 9.17) is 4.74 Å². The number of likely N-dealkylation sites (N-methyl/N-ethyl adjacent to an activating group) is 1. The smallest absolute Gasteiger partial charge is 0.262 e. The molecule has 1 aromatic carbocycles. The third-order valence-corrected chi connectivity index (χ3v) is 2.72. The fourth-order valence-corrected chi connectivity index (χ4v) is 1.83. The summed E-state index contributed by atoms with van der Waals surface area (Å²) in [5, 5.41) is 0. The normalized spacial score (nSPS) is 12.1. The molecule has 1 atom stereocenters. The third-order valence-electron chi connectivity index (χ3n) is 2.23. The van der Waals surface area contributed by atoms with Crippen molar-refractivity contribution in [1.29, 1.82) is 0 Å². The zero-order chi connectivity index (χ0) is 12.3. The second kappa shape index (κ2) is 5.34. The molecule has 1 unspecified atom stereocenters. The Balaban J connectivity index is 2.77. The SMILES string of the molecule is Cc1cc(Br)ccc1OC(C)C(=O)N(C)C. The van der Waals surface area contributed by atoms with E-state index in [1.54, 1.807) is 21.0 Å². The molecular formula is C12H16BrNO2. The van der Waals surface area contributed by atoms with Crippen LogP contribution in [0.2, 0.25) is 0 Å². The lowest BCUT2D eigenvalue weighted by molar-refractivity contribution is -0.135. The van der Waals surface area contributed by atoms with Crippen molar-refractivity contribution in [2.45, 2.75) is 20.0 Å². The molecule has 0 aliphatic rings. The van der Waals surface area contributed by atoms with Crippen molar-refractivity contribution in [2.24, 2.45) is 0 Å². The molecule has 1 amide bonds. The number of hydrogen-bond acceptors (Lipinski definition) is 2. The van der Waals surface area contributed by atoms with Crippen LogP contribution >= 0.6 is 15.9 Å². The largest absolute Gasteiger partial charge is 0.481 e. The summed E-state index contributed by atoms with van der Waals surface area (Å²) in [4.78, 5) is 13.1. The molecule has 0 saturated heterocycles. The molecular weight excluding hydrogens is 270 g/mol. The molecule has 0 heterocycles. The molecule has 1 rings (SSSR count). The second-order valence-corrected chi connectivity index (χ2v) is 4.82. The number of carbonyl (C=O) groups excluding carboxylic acids is 1. The van der Waals surface area contributed by atoms with Crippen molar-refractivity contribution in [1.82, 2.24) is 4.90 Å². The monoisotopic (exact) mass is 285 g/mol. The first kappa shape index (κ1) is 13.0. The second-order valence-electron chi connectivity index (χ2n) is 3.90. The van der Waals surface area contributed by atoms with E-state index in [2.05, 4.69) is 15.9 Å². The molecule has 0 N–H and O–H groups in total. The van der Waals surface area contributed by atoms with Gasteiger partial charge < -0.3 is 9.64 Å². The molecule has 0 radical (unpaired) electrons. The number of hydrogen-bond donors (Lipinski definition) is 0. The first-order chi connectivity index (χ1) is 7.41. The molecule has 0 aliphatic carbocycles. The Hall–Kier alpha value is -1.03. The van der Waals surface area contributed by atoms with Crippen LogP contribution in [-0.4, -0.2) is 31.0 Å². The summed E-state index contributed by atoms with van der Waals surface area (Å²) in [6.07, 6.45) is -0.463. The molecule has 4 heteroatoms. The highest BCUT2D eigenvalue weighted by molar-refractivity contribution is 9.10. The van der Waals surface area contributed by atoms with Gasteiger partial charge in [0, 0.05) is 18.6 Å². The molecule has 0 saturated carbocycles. The standard InChI is InChI=1S/C12H16BrNO2/c1-8-7-10(13)5-6-11(8)16-9(2)12(15)14(3)4/h5-7,9H,1-4H3. The molecule has 16 heavy (non-hydrogen) atoms. The predicted octanol–water partition coefficient (Wildman–Crippen LogP) is 2.61. The van der Waals surface area contributed by atoms with Gasteiger partial charge in [0.2, 0.25) is 0 Å². The quantitative estimate of drug-likeness (QED) is 0.854. The first-order valence-corrected chi connectivity index (χ1v) is 5.85. The number of carbonyl (C=O) groups is 1. The minimum atomic E-state index is -0.463. The van der Waals surface area contributed by atoms with Crippen LogP contribution in [0, 0.1) is 6.92 Å². The van der Waals surface area contributed by atoms with Crippen LogP contribution in [0.5, 0.6) is 5.75 Å². The summed E-state index contributed by atoms with van der Waals surface area (Å²) in [5.41, 5.74) is 1.01. The van der Waals surface area contributed by atoms with Crippen molar-refractivity contribution >= 4 is 21.8 Å². The molecule has 0 spiro atoms. The van der Waals surface area contributed by atoms with Gasteiger partial charge in [0.05, 0.1) is 0 Å². The number of halogens is 1. The summed E-state index contributed by atoms with van der Waals surface area (Å²) >= 11 is 3.38. The Morgan fingerprint density at radius 2 is 2.06 bits per heavy atom. The average Bonchev–Trinajstić information content (AvgIpc) is 2.20. The average molecular weight is 286 g/mol. The van der Waals surface area contributed by atoms with E-state index < -0.39 is 6.10 Å². The van der Waals surface area contributed by atoms with E-state index >= 15 is 0 Å². The molecule has 88 valence electrons. The van der Waals surface area contributed by atoms with Crippen LogP contribution < -0.4 is 4.74 Å². The number of rotatable bonds is 3. The minimum absolute atomic E-state index is 0.0395. The summed E-state index contributed by atoms with van der Waals surface area (Å²) in [6.45, 7) is 3.71. The van der Waals surface area contributed by atoms with Gasteiger partial charge >= 0.3 is 0 Å². The maximum absolute atomic E-state index is 11.6. The number of benzene rings is 1. The molecule has 3 nitrogen and oxygen atoms in total. The van der Waals surface area contributed by atoms with Crippen LogP contribution in [0.3, 0.4) is 0 Å². The van der Waals surface area contributed by atoms with Gasteiger partial charge in [-0.25, -0.2) is 0 Å². The van der Waals surface area contributed by atoms with E-state index in [1.165, 1.54) is 4.90 Å². The van der Waals surface area contributed by atoms with Crippen molar-refractivity contribution in [3.63, 3.8) is 0 Å². The van der Waals surface area contributed by atoms with Gasteiger partial charge in [0.25, 0.3) is 5.91 Å². The Kier molecular flexibility index (Phi) is 4.35. The van der Waals surface area contributed by atoms with Gasteiger partial charge in [-0.3, -0.25) is 4.79 Å². The Labute approximate surface area is 105 Å². The number of amides is 1. The summed E-state index contributed by atoms with van der Waals surface area (Å²) in [6, 6.07) is 5.72.